The highest BCUT2D eigenvalue weighted by Crippen LogP contribution is 2.31. The first-order chi connectivity index (χ1) is 10.8. The summed E-state index contributed by atoms with van der Waals surface area (Å²) in [7, 11) is 0. The second-order valence-corrected chi connectivity index (χ2v) is 6.33. The van der Waals surface area contributed by atoms with Crippen molar-refractivity contribution in [1.29, 1.82) is 0 Å². The molecule has 0 spiro atoms. The first-order valence-corrected chi connectivity index (χ1v) is 8.30. The molecule has 1 aromatic carbocycles. The summed E-state index contributed by atoms with van der Waals surface area (Å²) in [5, 5.41) is 4.15. The number of piperazine rings is 1. The number of aromatic nitrogens is 2. The third kappa shape index (κ3) is 2.57. The molecule has 1 aromatic heterocycles. The number of rotatable bonds is 2. The Morgan fingerprint density at radius 3 is 2.55 bits per heavy atom. The van der Waals surface area contributed by atoms with Crippen LogP contribution >= 0.6 is 11.6 Å². The molecule has 0 amide bonds. The van der Waals surface area contributed by atoms with Crippen LogP contribution in [0.1, 0.15) is 17.7 Å². The Morgan fingerprint density at radius 1 is 1.00 bits per heavy atom. The van der Waals surface area contributed by atoms with Crippen LogP contribution < -0.4 is 10.2 Å². The molecule has 1 N–H and O–H groups in total. The summed E-state index contributed by atoms with van der Waals surface area (Å²) in [5.74, 6) is 1.97. The number of nitrogens with zero attached hydrogens (tertiary/aromatic N) is 3. The molecule has 4 rings (SSSR count). The molecule has 1 fully saturated rings. The summed E-state index contributed by atoms with van der Waals surface area (Å²) >= 11 is 5.99. The highest BCUT2D eigenvalue weighted by molar-refractivity contribution is 6.30. The zero-order valence-corrected chi connectivity index (χ0v) is 13.2. The lowest BCUT2D eigenvalue weighted by Crippen LogP contribution is -2.44. The number of nitrogens with one attached hydrogen (secondary N) is 1. The van der Waals surface area contributed by atoms with Crippen LogP contribution in [0.2, 0.25) is 5.02 Å². The molecule has 0 bridgehead atoms. The van der Waals surface area contributed by atoms with Gasteiger partial charge in [0.25, 0.3) is 0 Å². The second kappa shape index (κ2) is 5.86. The Kier molecular flexibility index (Phi) is 3.72. The van der Waals surface area contributed by atoms with Crippen LogP contribution in [-0.4, -0.2) is 36.1 Å². The summed E-state index contributed by atoms with van der Waals surface area (Å²) in [6.07, 6.45) is 3.36. The fourth-order valence-corrected chi connectivity index (χ4v) is 3.40. The molecule has 22 heavy (non-hydrogen) atoms. The number of hydrogen-bond acceptors (Lipinski definition) is 4. The van der Waals surface area contributed by atoms with E-state index in [1.807, 2.05) is 24.3 Å². The van der Waals surface area contributed by atoms with Crippen LogP contribution in [0.15, 0.2) is 24.3 Å². The van der Waals surface area contributed by atoms with Gasteiger partial charge < -0.3 is 10.2 Å². The molecule has 2 aromatic rings. The smallest absolute Gasteiger partial charge is 0.161 e. The number of aryl methyl sites for hydroxylation is 1. The van der Waals surface area contributed by atoms with Crippen molar-refractivity contribution in [3.05, 3.63) is 40.5 Å². The lowest BCUT2D eigenvalue weighted by molar-refractivity contribution is 0.583. The number of benzene rings is 1. The Hall–Kier alpha value is -1.65. The normalized spacial score (nSPS) is 17.6. The lowest BCUT2D eigenvalue weighted by Gasteiger charge is -2.30. The Labute approximate surface area is 135 Å². The van der Waals surface area contributed by atoms with Crippen LogP contribution in [0.25, 0.3) is 11.4 Å². The van der Waals surface area contributed by atoms with Crippen LogP contribution in [0.3, 0.4) is 0 Å². The van der Waals surface area contributed by atoms with Gasteiger partial charge in [-0.3, -0.25) is 0 Å². The van der Waals surface area contributed by atoms with E-state index in [4.69, 9.17) is 21.6 Å². The standard InChI is InChI=1S/C17H19ClN4/c18-13-6-4-12(5-7-13)16-20-15-3-1-2-14(15)17(21-16)22-10-8-19-9-11-22/h4-7,19H,1-3,8-11H2. The fourth-order valence-electron chi connectivity index (χ4n) is 3.28. The van der Waals surface area contributed by atoms with Gasteiger partial charge >= 0.3 is 0 Å². The lowest BCUT2D eigenvalue weighted by atomic mass is 10.1. The minimum atomic E-state index is 0.743. The number of fused-ring (bicyclic) bond motifs is 1. The van der Waals surface area contributed by atoms with Gasteiger partial charge in [-0.25, -0.2) is 9.97 Å². The molecule has 1 saturated heterocycles. The van der Waals surface area contributed by atoms with Gasteiger partial charge in [-0.1, -0.05) is 11.6 Å². The van der Waals surface area contributed by atoms with Crippen molar-refractivity contribution >= 4 is 17.4 Å². The van der Waals surface area contributed by atoms with Crippen LogP contribution in [-0.2, 0) is 12.8 Å². The Morgan fingerprint density at radius 2 is 1.77 bits per heavy atom. The Bertz CT molecular complexity index is 678. The van der Waals surface area contributed by atoms with E-state index in [-0.39, 0.29) is 0 Å². The first-order valence-electron chi connectivity index (χ1n) is 7.93. The summed E-state index contributed by atoms with van der Waals surface area (Å²) < 4.78 is 0. The molecular weight excluding hydrogens is 296 g/mol. The fraction of sp³-hybridized carbons (Fsp3) is 0.412. The van der Waals surface area contributed by atoms with Gasteiger partial charge in [-0.2, -0.15) is 0 Å². The molecule has 1 aliphatic carbocycles. The molecule has 2 heterocycles. The largest absolute Gasteiger partial charge is 0.354 e. The SMILES string of the molecule is Clc1ccc(-c2nc3c(c(N4CCNCC4)n2)CCC3)cc1. The molecule has 0 unspecified atom stereocenters. The minimum Gasteiger partial charge on any atom is -0.354 e. The van der Waals surface area contributed by atoms with Gasteiger partial charge in [0, 0.05) is 48.0 Å². The average Bonchev–Trinajstić information content (AvgIpc) is 3.04. The van der Waals surface area contributed by atoms with Crippen molar-refractivity contribution in [2.75, 3.05) is 31.1 Å². The van der Waals surface area contributed by atoms with Gasteiger partial charge in [-0.05, 0) is 43.5 Å². The average molecular weight is 315 g/mol. The minimum absolute atomic E-state index is 0.743. The second-order valence-electron chi connectivity index (χ2n) is 5.89. The molecule has 0 saturated carbocycles. The third-order valence-electron chi connectivity index (χ3n) is 4.43. The maximum atomic E-state index is 5.99. The maximum absolute atomic E-state index is 5.99. The zero-order valence-electron chi connectivity index (χ0n) is 12.5. The third-order valence-corrected chi connectivity index (χ3v) is 4.68. The molecule has 1 aliphatic heterocycles. The summed E-state index contributed by atoms with van der Waals surface area (Å²) in [4.78, 5) is 12.1. The predicted octanol–water partition coefficient (Wildman–Crippen LogP) is 2.70. The molecule has 114 valence electrons. The summed E-state index contributed by atoms with van der Waals surface area (Å²) in [5.41, 5.74) is 3.63. The molecule has 0 atom stereocenters. The predicted molar refractivity (Wildman–Crippen MR) is 89.6 cm³/mol. The van der Waals surface area contributed by atoms with Gasteiger partial charge in [0.05, 0.1) is 0 Å². The van der Waals surface area contributed by atoms with Crippen LogP contribution in [0.4, 0.5) is 5.82 Å². The van der Waals surface area contributed by atoms with E-state index in [0.717, 1.165) is 61.2 Å². The monoisotopic (exact) mass is 314 g/mol. The van der Waals surface area contributed by atoms with E-state index in [1.165, 1.54) is 17.7 Å². The molecule has 4 nitrogen and oxygen atoms in total. The number of hydrogen-bond donors (Lipinski definition) is 1. The van der Waals surface area contributed by atoms with Crippen molar-refractivity contribution in [2.24, 2.45) is 0 Å². The van der Waals surface area contributed by atoms with Gasteiger partial charge in [0.1, 0.15) is 5.82 Å². The first kappa shape index (κ1) is 14.0. The molecular formula is C17H19ClN4. The van der Waals surface area contributed by atoms with E-state index in [9.17, 15) is 0 Å². The number of anilines is 1. The van der Waals surface area contributed by atoms with E-state index in [0.29, 0.717) is 0 Å². The number of halogens is 1. The van der Waals surface area contributed by atoms with Gasteiger partial charge in [0.2, 0.25) is 0 Å². The van der Waals surface area contributed by atoms with E-state index < -0.39 is 0 Å². The quantitative estimate of drug-likeness (QED) is 0.925. The van der Waals surface area contributed by atoms with Crippen LogP contribution in [0.5, 0.6) is 0 Å². The van der Waals surface area contributed by atoms with Crippen molar-refractivity contribution in [3.63, 3.8) is 0 Å². The van der Waals surface area contributed by atoms with E-state index in [2.05, 4.69) is 10.2 Å². The molecule has 0 radical (unpaired) electrons. The van der Waals surface area contributed by atoms with Crippen LogP contribution in [0, 0.1) is 0 Å². The summed E-state index contributed by atoms with van der Waals surface area (Å²) in [6, 6.07) is 7.80. The van der Waals surface area contributed by atoms with E-state index in [1.54, 1.807) is 0 Å². The molecule has 2 aliphatic rings. The highest BCUT2D eigenvalue weighted by atomic mass is 35.5. The maximum Gasteiger partial charge on any atom is 0.161 e. The Balaban J connectivity index is 1.78. The van der Waals surface area contributed by atoms with Crippen molar-refractivity contribution in [1.82, 2.24) is 15.3 Å². The zero-order chi connectivity index (χ0) is 14.9. The highest BCUT2D eigenvalue weighted by Gasteiger charge is 2.24. The summed E-state index contributed by atoms with van der Waals surface area (Å²) in [6.45, 7) is 4.08. The van der Waals surface area contributed by atoms with Gasteiger partial charge in [-0.15, -0.1) is 0 Å². The topological polar surface area (TPSA) is 41.1 Å². The molecule has 5 heteroatoms. The van der Waals surface area contributed by atoms with Crippen molar-refractivity contribution < 1.29 is 0 Å². The van der Waals surface area contributed by atoms with Gasteiger partial charge in [0.15, 0.2) is 5.82 Å². The van der Waals surface area contributed by atoms with Crippen molar-refractivity contribution in [2.45, 2.75) is 19.3 Å². The van der Waals surface area contributed by atoms with E-state index >= 15 is 0 Å². The van der Waals surface area contributed by atoms with Crippen molar-refractivity contribution in [3.8, 4) is 11.4 Å².